The second-order valence-corrected chi connectivity index (χ2v) is 11.2. The highest BCUT2D eigenvalue weighted by Crippen LogP contribution is 2.35. The second kappa shape index (κ2) is 11.1. The number of piperazine rings is 1. The maximum Gasteiger partial charge on any atom is 0.253 e. The number of nitrogens with one attached hydrogen (secondary N) is 1. The summed E-state index contributed by atoms with van der Waals surface area (Å²) >= 11 is 0. The Morgan fingerprint density at radius 2 is 1.83 bits per heavy atom. The van der Waals surface area contributed by atoms with E-state index in [4.69, 9.17) is 14.2 Å². The number of pyridine rings is 1. The smallest absolute Gasteiger partial charge is 0.253 e. The Morgan fingerprint density at radius 1 is 1.00 bits per heavy atom. The van der Waals surface area contributed by atoms with Crippen LogP contribution in [0.1, 0.15) is 61.1 Å². The lowest BCUT2D eigenvalue weighted by atomic mass is 9.95. The minimum atomic E-state index is -0.362. The number of ether oxygens (including phenoxy) is 3. The molecule has 4 heterocycles. The van der Waals surface area contributed by atoms with Gasteiger partial charge in [0, 0.05) is 49.2 Å². The number of rotatable bonds is 7. The van der Waals surface area contributed by atoms with Crippen molar-refractivity contribution in [3.05, 3.63) is 69.8 Å². The molecule has 0 spiro atoms. The van der Waals surface area contributed by atoms with Crippen molar-refractivity contribution < 1.29 is 14.2 Å². The van der Waals surface area contributed by atoms with Gasteiger partial charge in [0.25, 0.3) is 5.56 Å². The summed E-state index contributed by atoms with van der Waals surface area (Å²) in [5, 5.41) is 14.1. The maximum atomic E-state index is 13.6. The van der Waals surface area contributed by atoms with Gasteiger partial charge in [0.15, 0.2) is 17.3 Å². The monoisotopic (exact) mass is 557 g/mol. The van der Waals surface area contributed by atoms with Gasteiger partial charge >= 0.3 is 0 Å². The molecule has 0 radical (unpaired) electrons. The highest BCUT2D eigenvalue weighted by Gasteiger charge is 2.34. The van der Waals surface area contributed by atoms with Crippen molar-refractivity contribution in [2.45, 2.75) is 50.7 Å². The van der Waals surface area contributed by atoms with E-state index in [9.17, 15) is 4.79 Å². The molecule has 3 aliphatic rings. The summed E-state index contributed by atoms with van der Waals surface area (Å²) in [4.78, 5) is 21.5. The first-order chi connectivity index (χ1) is 20.2. The van der Waals surface area contributed by atoms with Crippen LogP contribution in [0, 0.1) is 0 Å². The number of tetrazole rings is 1. The molecule has 1 aliphatic carbocycles. The SMILES string of the molecule is COc1ccc2[nH]c(=O)c([C@@H](c3nnnn3C3CCCCC3)N3CCN(Cc4ccc5c(c4)OCO5)CC3)cc2c1. The Bertz CT molecular complexity index is 1590. The van der Waals surface area contributed by atoms with Crippen molar-refractivity contribution >= 4 is 10.9 Å². The van der Waals surface area contributed by atoms with Gasteiger partial charge in [-0.05, 0) is 65.2 Å². The summed E-state index contributed by atoms with van der Waals surface area (Å²) in [6.45, 7) is 4.38. The Labute approximate surface area is 238 Å². The molecular formula is C30H35N7O4. The zero-order valence-electron chi connectivity index (χ0n) is 23.3. The maximum absolute atomic E-state index is 13.6. The average Bonchev–Trinajstić information content (AvgIpc) is 3.68. The van der Waals surface area contributed by atoms with Gasteiger partial charge in [-0.3, -0.25) is 14.6 Å². The van der Waals surface area contributed by atoms with Crippen LogP contribution in [-0.2, 0) is 6.54 Å². The Morgan fingerprint density at radius 3 is 2.66 bits per heavy atom. The first kappa shape index (κ1) is 26.0. The molecule has 2 aromatic heterocycles. The van der Waals surface area contributed by atoms with E-state index in [1.165, 1.54) is 24.8 Å². The third kappa shape index (κ3) is 5.15. The van der Waals surface area contributed by atoms with Gasteiger partial charge in [-0.1, -0.05) is 25.3 Å². The molecule has 214 valence electrons. The molecular weight excluding hydrogens is 522 g/mol. The van der Waals surface area contributed by atoms with Gasteiger partial charge in [-0.2, -0.15) is 0 Å². The van der Waals surface area contributed by atoms with E-state index >= 15 is 0 Å². The van der Waals surface area contributed by atoms with E-state index in [2.05, 4.69) is 42.4 Å². The predicted octanol–water partition coefficient (Wildman–Crippen LogP) is 3.66. The van der Waals surface area contributed by atoms with E-state index in [0.717, 1.165) is 79.5 Å². The number of benzene rings is 2. The fraction of sp³-hybridized carbons (Fsp3) is 0.467. The molecule has 0 unspecified atom stereocenters. The summed E-state index contributed by atoms with van der Waals surface area (Å²) in [5.74, 6) is 3.10. The Kier molecular flexibility index (Phi) is 7.05. The molecule has 4 aromatic rings. The quantitative estimate of drug-likeness (QED) is 0.364. The second-order valence-electron chi connectivity index (χ2n) is 11.2. The lowest BCUT2D eigenvalue weighted by molar-refractivity contribution is 0.0982. The van der Waals surface area contributed by atoms with Gasteiger partial charge in [-0.25, -0.2) is 4.68 Å². The zero-order valence-corrected chi connectivity index (χ0v) is 23.3. The van der Waals surface area contributed by atoms with Crippen LogP contribution < -0.4 is 19.8 Å². The highest BCUT2D eigenvalue weighted by atomic mass is 16.7. The first-order valence-electron chi connectivity index (χ1n) is 14.5. The first-order valence-corrected chi connectivity index (χ1v) is 14.5. The number of nitrogens with zero attached hydrogens (tertiary/aromatic N) is 6. The van der Waals surface area contributed by atoms with Gasteiger partial charge in [-0.15, -0.1) is 5.10 Å². The van der Waals surface area contributed by atoms with E-state index in [1.54, 1.807) is 7.11 Å². The van der Waals surface area contributed by atoms with Gasteiger partial charge in [0.1, 0.15) is 11.8 Å². The number of hydrogen-bond acceptors (Lipinski definition) is 9. The van der Waals surface area contributed by atoms with Crippen LogP contribution in [0.2, 0.25) is 0 Å². The summed E-state index contributed by atoms with van der Waals surface area (Å²) in [6.07, 6.45) is 5.70. The number of aromatic amines is 1. The minimum absolute atomic E-state index is 0.117. The number of hydrogen-bond donors (Lipinski definition) is 1. The van der Waals surface area contributed by atoms with Gasteiger partial charge in [0.2, 0.25) is 6.79 Å². The van der Waals surface area contributed by atoms with Crippen molar-refractivity contribution in [1.82, 2.24) is 35.0 Å². The molecule has 11 nitrogen and oxygen atoms in total. The third-order valence-electron chi connectivity index (χ3n) is 8.67. The fourth-order valence-corrected chi connectivity index (χ4v) is 6.47. The zero-order chi connectivity index (χ0) is 27.8. The van der Waals surface area contributed by atoms with Crippen molar-refractivity contribution in [2.24, 2.45) is 0 Å². The number of aromatic nitrogens is 5. The van der Waals surface area contributed by atoms with E-state index in [1.807, 2.05) is 35.0 Å². The van der Waals surface area contributed by atoms with E-state index in [0.29, 0.717) is 5.56 Å². The van der Waals surface area contributed by atoms with Crippen molar-refractivity contribution in [2.75, 3.05) is 40.1 Å². The summed E-state index contributed by atoms with van der Waals surface area (Å²) in [6, 6.07) is 13.7. The molecule has 1 saturated heterocycles. The number of methoxy groups -OCH3 is 1. The standard InChI is InChI=1S/C30H35N7O4/c1-39-23-8-9-25-21(16-23)17-24(30(38)31-25)28(29-32-33-34-37(29)22-5-3-2-4-6-22)36-13-11-35(12-14-36)18-20-7-10-26-27(15-20)41-19-40-26/h7-10,15-17,22,28H,2-6,11-14,18-19H2,1H3,(H,31,38)/t28-/m0/s1. The average molecular weight is 558 g/mol. The van der Waals surface area contributed by atoms with Crippen LogP contribution in [0.3, 0.4) is 0 Å². The van der Waals surface area contributed by atoms with Crippen molar-refractivity contribution in [3.63, 3.8) is 0 Å². The van der Waals surface area contributed by atoms with E-state index < -0.39 is 0 Å². The van der Waals surface area contributed by atoms with Gasteiger partial charge in [0.05, 0.1) is 13.2 Å². The largest absolute Gasteiger partial charge is 0.497 e. The molecule has 2 aromatic carbocycles. The van der Waals surface area contributed by atoms with E-state index in [-0.39, 0.29) is 24.4 Å². The molecule has 0 bridgehead atoms. The van der Waals surface area contributed by atoms with Crippen LogP contribution in [0.15, 0.2) is 47.3 Å². The molecule has 11 heteroatoms. The molecule has 41 heavy (non-hydrogen) atoms. The summed E-state index contributed by atoms with van der Waals surface area (Å²) < 4.78 is 18.5. The van der Waals surface area contributed by atoms with Crippen LogP contribution >= 0.6 is 0 Å². The van der Waals surface area contributed by atoms with Crippen molar-refractivity contribution in [3.8, 4) is 17.2 Å². The molecule has 2 fully saturated rings. The minimum Gasteiger partial charge on any atom is -0.497 e. The summed E-state index contributed by atoms with van der Waals surface area (Å²) in [7, 11) is 1.65. The molecule has 7 rings (SSSR count). The van der Waals surface area contributed by atoms with Crippen LogP contribution in [0.5, 0.6) is 17.2 Å². The lowest BCUT2D eigenvalue weighted by Crippen LogP contribution is -2.48. The molecule has 0 amide bonds. The number of H-pyrrole nitrogens is 1. The topological polar surface area (TPSA) is 111 Å². The molecule has 1 N–H and O–H groups in total. The fourth-order valence-electron chi connectivity index (χ4n) is 6.47. The predicted molar refractivity (Wildman–Crippen MR) is 152 cm³/mol. The number of fused-ring (bicyclic) bond motifs is 2. The molecule has 1 saturated carbocycles. The van der Waals surface area contributed by atoms with Crippen LogP contribution in [0.25, 0.3) is 10.9 Å². The molecule has 1 atom stereocenters. The third-order valence-corrected chi connectivity index (χ3v) is 8.67. The Balaban J connectivity index is 1.20. The lowest BCUT2D eigenvalue weighted by Gasteiger charge is -2.39. The normalized spacial score (nSPS) is 19.0. The highest BCUT2D eigenvalue weighted by molar-refractivity contribution is 5.80. The summed E-state index contributed by atoms with van der Waals surface area (Å²) in [5.41, 5.74) is 2.51. The van der Waals surface area contributed by atoms with Crippen LogP contribution in [-0.4, -0.2) is 75.1 Å². The van der Waals surface area contributed by atoms with Crippen LogP contribution in [0.4, 0.5) is 0 Å². The van der Waals surface area contributed by atoms with Gasteiger partial charge < -0.3 is 19.2 Å². The molecule has 2 aliphatic heterocycles. The Hall–Kier alpha value is -3.96. The van der Waals surface area contributed by atoms with Crippen molar-refractivity contribution in [1.29, 1.82) is 0 Å².